The third kappa shape index (κ3) is 2.34. The van der Waals surface area contributed by atoms with Crippen LogP contribution in [0.2, 0.25) is 0 Å². The molecule has 0 bridgehead atoms. The van der Waals surface area contributed by atoms with Crippen LogP contribution < -0.4 is 5.73 Å². The molecular formula is C12H17N5. The van der Waals surface area contributed by atoms with E-state index in [9.17, 15) is 0 Å². The van der Waals surface area contributed by atoms with Crippen molar-refractivity contribution in [3.8, 4) is 0 Å². The third-order valence-corrected chi connectivity index (χ3v) is 2.85. The second-order valence-corrected chi connectivity index (χ2v) is 4.36. The second kappa shape index (κ2) is 4.63. The van der Waals surface area contributed by atoms with Crippen LogP contribution in [0.5, 0.6) is 0 Å². The third-order valence-electron chi connectivity index (χ3n) is 2.85. The molecule has 0 saturated carbocycles. The molecule has 0 radical (unpaired) electrons. The number of nitrogens with zero attached hydrogens (tertiary/aromatic N) is 4. The highest BCUT2D eigenvalue weighted by atomic mass is 15.6. The number of nitrogens with two attached hydrogens (primary N) is 1. The first kappa shape index (κ1) is 11.7. The SMILES string of the molecule is Cc1ccc(C(C)n2nnnc2C(C)N)cc1. The lowest BCUT2D eigenvalue weighted by Crippen LogP contribution is -2.18. The fourth-order valence-corrected chi connectivity index (χ4v) is 1.76. The molecule has 2 N–H and O–H groups in total. The van der Waals surface area contributed by atoms with E-state index in [2.05, 4.69) is 53.6 Å². The molecule has 2 aromatic rings. The Kier molecular flexibility index (Phi) is 3.19. The maximum Gasteiger partial charge on any atom is 0.168 e. The maximum absolute atomic E-state index is 5.84. The topological polar surface area (TPSA) is 69.6 Å². The largest absolute Gasteiger partial charge is 0.322 e. The van der Waals surface area contributed by atoms with E-state index in [1.165, 1.54) is 11.1 Å². The summed E-state index contributed by atoms with van der Waals surface area (Å²) < 4.78 is 1.77. The highest BCUT2D eigenvalue weighted by Gasteiger charge is 2.16. The fraction of sp³-hybridized carbons (Fsp3) is 0.417. The predicted molar refractivity (Wildman–Crippen MR) is 65.4 cm³/mol. The van der Waals surface area contributed by atoms with E-state index in [4.69, 9.17) is 5.73 Å². The highest BCUT2D eigenvalue weighted by molar-refractivity contribution is 5.24. The average Bonchev–Trinajstić information content (AvgIpc) is 2.78. The summed E-state index contributed by atoms with van der Waals surface area (Å²) >= 11 is 0. The number of aromatic nitrogens is 4. The van der Waals surface area contributed by atoms with Gasteiger partial charge in [0.1, 0.15) is 0 Å². The number of benzene rings is 1. The maximum atomic E-state index is 5.84. The van der Waals surface area contributed by atoms with Gasteiger partial charge < -0.3 is 5.73 Å². The summed E-state index contributed by atoms with van der Waals surface area (Å²) in [4.78, 5) is 0. The molecule has 0 aliphatic carbocycles. The molecule has 5 nitrogen and oxygen atoms in total. The van der Waals surface area contributed by atoms with E-state index in [1.807, 2.05) is 6.92 Å². The molecule has 0 fully saturated rings. The molecule has 0 spiro atoms. The Balaban J connectivity index is 2.33. The summed E-state index contributed by atoms with van der Waals surface area (Å²) in [6.45, 7) is 6.01. The molecule has 2 unspecified atom stereocenters. The number of tetrazole rings is 1. The van der Waals surface area contributed by atoms with Gasteiger partial charge in [0.15, 0.2) is 5.82 Å². The molecule has 90 valence electrons. The molecule has 2 atom stereocenters. The minimum absolute atomic E-state index is 0.0894. The number of hydrogen-bond acceptors (Lipinski definition) is 4. The van der Waals surface area contributed by atoms with Crippen molar-refractivity contribution in [1.29, 1.82) is 0 Å². The first-order valence-electron chi connectivity index (χ1n) is 5.69. The molecule has 2 rings (SSSR count). The average molecular weight is 231 g/mol. The lowest BCUT2D eigenvalue weighted by molar-refractivity contribution is 0.504. The quantitative estimate of drug-likeness (QED) is 0.871. The molecule has 0 aliphatic rings. The van der Waals surface area contributed by atoms with Gasteiger partial charge in [-0.15, -0.1) is 5.10 Å². The smallest absolute Gasteiger partial charge is 0.168 e. The lowest BCUT2D eigenvalue weighted by Gasteiger charge is -2.15. The standard InChI is InChI=1S/C12H17N5/c1-8-4-6-11(7-5-8)10(3)17-12(9(2)13)14-15-16-17/h4-7,9-10H,13H2,1-3H3. The highest BCUT2D eigenvalue weighted by Crippen LogP contribution is 2.19. The van der Waals surface area contributed by atoms with Gasteiger partial charge in [-0.05, 0) is 36.8 Å². The first-order chi connectivity index (χ1) is 8.09. The van der Waals surface area contributed by atoms with Crippen molar-refractivity contribution >= 4 is 0 Å². The molecule has 1 aromatic carbocycles. The summed E-state index contributed by atoms with van der Waals surface area (Å²) in [5, 5.41) is 11.7. The van der Waals surface area contributed by atoms with Crippen LogP contribution in [-0.4, -0.2) is 20.2 Å². The minimum Gasteiger partial charge on any atom is -0.322 e. The van der Waals surface area contributed by atoms with Crippen LogP contribution in [0.25, 0.3) is 0 Å². The summed E-state index contributed by atoms with van der Waals surface area (Å²) in [6.07, 6.45) is 0. The van der Waals surface area contributed by atoms with E-state index in [0.717, 1.165) is 0 Å². The molecule has 17 heavy (non-hydrogen) atoms. The van der Waals surface area contributed by atoms with Crippen LogP contribution in [0.3, 0.4) is 0 Å². The van der Waals surface area contributed by atoms with E-state index >= 15 is 0 Å². The Morgan fingerprint density at radius 1 is 1.18 bits per heavy atom. The van der Waals surface area contributed by atoms with Crippen LogP contribution in [0, 0.1) is 6.92 Å². The van der Waals surface area contributed by atoms with Crippen molar-refractivity contribution in [3.05, 3.63) is 41.2 Å². The van der Waals surface area contributed by atoms with Crippen molar-refractivity contribution < 1.29 is 0 Å². The van der Waals surface area contributed by atoms with Gasteiger partial charge in [0, 0.05) is 0 Å². The monoisotopic (exact) mass is 231 g/mol. The van der Waals surface area contributed by atoms with Crippen molar-refractivity contribution in [3.63, 3.8) is 0 Å². The van der Waals surface area contributed by atoms with Crippen LogP contribution in [-0.2, 0) is 0 Å². The van der Waals surface area contributed by atoms with Gasteiger partial charge in [0.05, 0.1) is 12.1 Å². The minimum atomic E-state index is -0.169. The van der Waals surface area contributed by atoms with E-state index < -0.39 is 0 Å². The van der Waals surface area contributed by atoms with Crippen molar-refractivity contribution in [2.75, 3.05) is 0 Å². The molecular weight excluding hydrogens is 214 g/mol. The van der Waals surface area contributed by atoms with Crippen molar-refractivity contribution in [2.24, 2.45) is 5.73 Å². The van der Waals surface area contributed by atoms with Gasteiger partial charge >= 0.3 is 0 Å². The Labute approximate surface area is 101 Å². The molecule has 0 amide bonds. The molecule has 1 aromatic heterocycles. The van der Waals surface area contributed by atoms with Gasteiger partial charge in [-0.2, -0.15) is 0 Å². The normalized spacial score (nSPS) is 14.6. The predicted octanol–water partition coefficient (Wildman–Crippen LogP) is 1.61. The summed E-state index contributed by atoms with van der Waals surface area (Å²) in [5.74, 6) is 0.707. The zero-order valence-electron chi connectivity index (χ0n) is 10.3. The number of rotatable bonds is 3. The van der Waals surface area contributed by atoms with Gasteiger partial charge in [-0.3, -0.25) is 0 Å². The molecule has 1 heterocycles. The van der Waals surface area contributed by atoms with Crippen molar-refractivity contribution in [1.82, 2.24) is 20.2 Å². The molecule has 0 aliphatic heterocycles. The zero-order chi connectivity index (χ0) is 12.4. The van der Waals surface area contributed by atoms with E-state index in [1.54, 1.807) is 4.68 Å². The van der Waals surface area contributed by atoms with Gasteiger partial charge in [-0.25, -0.2) is 4.68 Å². The lowest BCUT2D eigenvalue weighted by atomic mass is 10.1. The van der Waals surface area contributed by atoms with E-state index in [0.29, 0.717) is 5.82 Å². The molecule has 0 saturated heterocycles. The summed E-state index contributed by atoms with van der Waals surface area (Å²) in [7, 11) is 0. The second-order valence-electron chi connectivity index (χ2n) is 4.36. The number of aryl methyl sites for hydroxylation is 1. The van der Waals surface area contributed by atoms with Crippen LogP contribution in [0.15, 0.2) is 24.3 Å². The fourth-order valence-electron chi connectivity index (χ4n) is 1.76. The summed E-state index contributed by atoms with van der Waals surface area (Å²) in [5.41, 5.74) is 8.25. The van der Waals surface area contributed by atoms with Crippen LogP contribution in [0.1, 0.15) is 42.9 Å². The van der Waals surface area contributed by atoms with Crippen LogP contribution >= 0.6 is 0 Å². The number of hydrogen-bond donors (Lipinski definition) is 1. The Hall–Kier alpha value is -1.75. The molecule has 5 heteroatoms. The van der Waals surface area contributed by atoms with Gasteiger partial charge in [0.25, 0.3) is 0 Å². The first-order valence-corrected chi connectivity index (χ1v) is 5.69. The Bertz CT molecular complexity index is 486. The zero-order valence-corrected chi connectivity index (χ0v) is 10.3. The Morgan fingerprint density at radius 3 is 2.41 bits per heavy atom. The van der Waals surface area contributed by atoms with Gasteiger partial charge in [0.2, 0.25) is 0 Å². The Morgan fingerprint density at radius 2 is 1.82 bits per heavy atom. The van der Waals surface area contributed by atoms with Gasteiger partial charge in [-0.1, -0.05) is 29.8 Å². The van der Waals surface area contributed by atoms with Crippen LogP contribution in [0.4, 0.5) is 0 Å². The van der Waals surface area contributed by atoms with E-state index in [-0.39, 0.29) is 12.1 Å². The van der Waals surface area contributed by atoms with Crippen molar-refractivity contribution in [2.45, 2.75) is 32.9 Å². The summed E-state index contributed by atoms with van der Waals surface area (Å²) in [6, 6.07) is 8.27.